The first-order chi connectivity index (χ1) is 11.0. The number of aliphatic imine (C=N–C) groups is 1. The second kappa shape index (κ2) is 24.9. The van der Waals surface area contributed by atoms with Gasteiger partial charge in [0.05, 0.1) is 6.42 Å². The van der Waals surface area contributed by atoms with Crippen LogP contribution in [0.15, 0.2) is 4.99 Å². The van der Waals surface area contributed by atoms with Crippen LogP contribution in [0.1, 0.15) is 90.9 Å². The molecule has 0 aliphatic carbocycles. The van der Waals surface area contributed by atoms with Crippen molar-refractivity contribution in [1.82, 2.24) is 0 Å². The molecule has 0 radical (unpaired) electrons. The van der Waals surface area contributed by atoms with E-state index in [9.17, 15) is 9.59 Å². The molecule has 0 saturated carbocycles. The van der Waals surface area contributed by atoms with E-state index in [4.69, 9.17) is 10.2 Å². The Hall–Kier alpha value is -0.390. The molecule has 0 aliphatic heterocycles. The molecule has 0 amide bonds. The molecule has 24 heavy (non-hydrogen) atoms. The molecule has 0 atom stereocenters. The number of aliphatic carboxylic acids is 2. The summed E-state index contributed by atoms with van der Waals surface area (Å²) in [5.41, 5.74) is 0. The van der Waals surface area contributed by atoms with Crippen molar-refractivity contribution in [1.29, 1.82) is 0 Å². The molecule has 0 fully saturated rings. The summed E-state index contributed by atoms with van der Waals surface area (Å²) in [4.78, 5) is 23.7. The van der Waals surface area contributed by atoms with Gasteiger partial charge in [-0.2, -0.15) is 0 Å². The van der Waals surface area contributed by atoms with Crippen LogP contribution in [0.2, 0.25) is 0 Å². The quantitative estimate of drug-likeness (QED) is 0.277. The van der Waals surface area contributed by atoms with Gasteiger partial charge >= 0.3 is 41.5 Å². The number of carboxylic acids is 2. The zero-order valence-corrected chi connectivity index (χ0v) is 14.9. The van der Waals surface area contributed by atoms with E-state index >= 15 is 0 Å². The molecule has 0 saturated heterocycles. The van der Waals surface area contributed by atoms with Crippen molar-refractivity contribution in [3.8, 4) is 0 Å². The molecule has 0 aliphatic rings. The van der Waals surface area contributed by atoms with Gasteiger partial charge in [0.1, 0.15) is 0 Å². The SMILES string of the molecule is CCC(=O)O.CCCCCCCCCCCCN=CCC(=O)O.[NaH]. The van der Waals surface area contributed by atoms with E-state index in [1.165, 1.54) is 64.0 Å². The second-order valence-corrected chi connectivity index (χ2v) is 5.62. The number of carboxylic acid groups (broad SMARTS) is 2. The van der Waals surface area contributed by atoms with E-state index in [1.54, 1.807) is 6.92 Å². The predicted octanol–water partition coefficient (Wildman–Crippen LogP) is 4.29. The van der Waals surface area contributed by atoms with Crippen molar-refractivity contribution < 1.29 is 19.8 Å². The van der Waals surface area contributed by atoms with Gasteiger partial charge in [0.15, 0.2) is 0 Å². The Bertz CT molecular complexity index is 309. The van der Waals surface area contributed by atoms with Gasteiger partial charge in [-0.15, -0.1) is 0 Å². The van der Waals surface area contributed by atoms with E-state index in [0.29, 0.717) is 0 Å². The molecule has 2 N–H and O–H groups in total. The van der Waals surface area contributed by atoms with E-state index in [-0.39, 0.29) is 42.4 Å². The molecule has 6 heteroatoms. The topological polar surface area (TPSA) is 87.0 Å². The maximum atomic E-state index is 10.2. The van der Waals surface area contributed by atoms with Gasteiger partial charge < -0.3 is 10.2 Å². The number of carbonyl (C=O) groups is 2. The van der Waals surface area contributed by atoms with Gasteiger partial charge in [-0.3, -0.25) is 14.6 Å². The van der Waals surface area contributed by atoms with Crippen LogP contribution in [0.5, 0.6) is 0 Å². The molecular weight excluding hydrogens is 317 g/mol. The zero-order chi connectivity index (χ0) is 17.8. The van der Waals surface area contributed by atoms with Crippen LogP contribution in [-0.2, 0) is 9.59 Å². The normalized spacial score (nSPS) is 9.92. The molecule has 5 nitrogen and oxygen atoms in total. The summed E-state index contributed by atoms with van der Waals surface area (Å²) >= 11 is 0. The molecule has 0 aromatic carbocycles. The summed E-state index contributed by atoms with van der Waals surface area (Å²) in [7, 11) is 0. The number of hydrogen-bond donors (Lipinski definition) is 2. The molecule has 0 aromatic rings. The summed E-state index contributed by atoms with van der Waals surface area (Å²) in [5.74, 6) is -1.55. The molecule has 0 rings (SSSR count). The van der Waals surface area contributed by atoms with E-state index in [0.717, 1.165) is 13.0 Å². The average Bonchev–Trinajstić information content (AvgIpc) is 2.52. The maximum absolute atomic E-state index is 10.2. The first-order valence-electron chi connectivity index (χ1n) is 8.96. The molecule has 0 heterocycles. The molecule has 138 valence electrons. The van der Waals surface area contributed by atoms with Crippen LogP contribution >= 0.6 is 0 Å². The fraction of sp³-hybridized carbons (Fsp3) is 0.833. The fourth-order valence-electron chi connectivity index (χ4n) is 1.92. The Morgan fingerprint density at radius 2 is 1.21 bits per heavy atom. The third-order valence-electron chi connectivity index (χ3n) is 3.34. The van der Waals surface area contributed by atoms with Crippen LogP contribution < -0.4 is 0 Å². The second-order valence-electron chi connectivity index (χ2n) is 5.62. The van der Waals surface area contributed by atoms with Crippen LogP contribution in [0, 0.1) is 0 Å². The van der Waals surface area contributed by atoms with E-state index in [2.05, 4.69) is 11.9 Å². The van der Waals surface area contributed by atoms with Gasteiger partial charge in [-0.1, -0.05) is 71.6 Å². The van der Waals surface area contributed by atoms with Crippen LogP contribution in [0.25, 0.3) is 0 Å². The van der Waals surface area contributed by atoms with Crippen molar-refractivity contribution >= 4 is 47.7 Å². The Balaban J connectivity index is -0.000000639. The Morgan fingerprint density at radius 3 is 1.58 bits per heavy atom. The van der Waals surface area contributed by atoms with Crippen molar-refractivity contribution in [3.05, 3.63) is 0 Å². The molecule has 0 spiro atoms. The summed E-state index contributed by atoms with van der Waals surface area (Å²) in [5, 5.41) is 16.1. The Morgan fingerprint density at radius 1 is 0.792 bits per heavy atom. The van der Waals surface area contributed by atoms with Gasteiger partial charge in [0, 0.05) is 19.2 Å². The number of unbranched alkanes of at least 4 members (excludes halogenated alkanes) is 9. The number of hydrogen-bond acceptors (Lipinski definition) is 3. The van der Waals surface area contributed by atoms with Crippen LogP contribution in [-0.4, -0.2) is 64.5 Å². The van der Waals surface area contributed by atoms with E-state index < -0.39 is 11.9 Å². The third-order valence-corrected chi connectivity index (χ3v) is 3.34. The summed E-state index contributed by atoms with van der Waals surface area (Å²) in [6, 6.07) is 0. The van der Waals surface area contributed by atoms with Crippen molar-refractivity contribution in [2.75, 3.05) is 6.54 Å². The number of rotatable bonds is 14. The van der Waals surface area contributed by atoms with Gasteiger partial charge in [0.2, 0.25) is 0 Å². The molecule has 0 aromatic heterocycles. The monoisotopic (exact) mass is 353 g/mol. The van der Waals surface area contributed by atoms with Crippen LogP contribution in [0.3, 0.4) is 0 Å². The third kappa shape index (κ3) is 33.3. The van der Waals surface area contributed by atoms with E-state index in [1.807, 2.05) is 0 Å². The minimum absolute atomic E-state index is 0. The standard InChI is InChI=1S/C15H29NO2.C3H6O2.Na.H/c1-2-3-4-5-6-7-8-9-10-11-13-16-14-12-15(17)18;1-2-3(4)5;;/h14H,2-13H2,1H3,(H,17,18);2H2,1H3,(H,4,5);;. The Labute approximate surface area is 169 Å². The molecular formula is C18H36NNaO4. The van der Waals surface area contributed by atoms with Gasteiger partial charge in [-0.05, 0) is 6.42 Å². The number of nitrogens with zero attached hydrogens (tertiary/aromatic N) is 1. The molecule has 0 unspecified atom stereocenters. The Kier molecular flexibility index (Phi) is 29.4. The van der Waals surface area contributed by atoms with Crippen molar-refractivity contribution in [2.24, 2.45) is 4.99 Å². The summed E-state index contributed by atoms with van der Waals surface area (Å²) in [6.07, 6.45) is 15.0. The fourth-order valence-corrected chi connectivity index (χ4v) is 1.92. The van der Waals surface area contributed by atoms with Gasteiger partial charge in [-0.25, -0.2) is 0 Å². The van der Waals surface area contributed by atoms with Crippen molar-refractivity contribution in [2.45, 2.75) is 90.9 Å². The minimum atomic E-state index is -0.804. The average molecular weight is 353 g/mol. The van der Waals surface area contributed by atoms with Crippen LogP contribution in [0.4, 0.5) is 0 Å². The summed E-state index contributed by atoms with van der Waals surface area (Å²) < 4.78 is 0. The summed E-state index contributed by atoms with van der Waals surface area (Å²) in [6.45, 7) is 4.63. The first kappa shape index (κ1) is 28.4. The first-order valence-corrected chi connectivity index (χ1v) is 8.96. The predicted molar refractivity (Wildman–Crippen MR) is 103 cm³/mol. The zero-order valence-electron chi connectivity index (χ0n) is 14.9. The van der Waals surface area contributed by atoms with Gasteiger partial charge in [0.25, 0.3) is 0 Å². The van der Waals surface area contributed by atoms with Crippen molar-refractivity contribution in [3.63, 3.8) is 0 Å². The molecule has 0 bridgehead atoms.